The van der Waals surface area contributed by atoms with Crippen LogP contribution in [0.3, 0.4) is 0 Å². The molecule has 4 heterocycles. The Bertz CT molecular complexity index is 5050. The van der Waals surface area contributed by atoms with Crippen LogP contribution >= 0.6 is 0 Å². The summed E-state index contributed by atoms with van der Waals surface area (Å²) in [5.41, 5.74) is 38.8. The van der Waals surface area contributed by atoms with Crippen molar-refractivity contribution >= 4 is 98.6 Å². The van der Waals surface area contributed by atoms with Gasteiger partial charge in [0.15, 0.2) is 0 Å². The van der Waals surface area contributed by atoms with Gasteiger partial charge in [-0.3, -0.25) is 0 Å². The summed E-state index contributed by atoms with van der Waals surface area (Å²) in [6.45, 7) is 8.61. The van der Waals surface area contributed by atoms with E-state index in [1.54, 1.807) is 12.4 Å². The van der Waals surface area contributed by atoms with Gasteiger partial charge < -0.3 is 29.7 Å². The second kappa shape index (κ2) is 18.3. The Labute approximate surface area is 464 Å². The van der Waals surface area contributed by atoms with Gasteiger partial charge in [-0.05, 0) is 218 Å². The van der Waals surface area contributed by atoms with E-state index in [2.05, 4.69) is 258 Å². The molecule has 384 valence electrons. The molecule has 0 fully saturated rings. The number of benzene rings is 10. The zero-order valence-electron chi connectivity index (χ0n) is 45.3. The summed E-state index contributed by atoms with van der Waals surface area (Å²) in [6.07, 6.45) is 9.46. The number of aryl methyl sites for hydroxylation is 2. The predicted octanol–water partition coefficient (Wildman–Crippen LogP) is 18.6. The molecule has 4 N–H and O–H groups in total. The zero-order valence-corrected chi connectivity index (χ0v) is 45.3. The second-order valence-electron chi connectivity index (χ2n) is 21.7. The molecule has 0 amide bonds. The second-order valence-corrected chi connectivity index (χ2v) is 21.7. The van der Waals surface area contributed by atoms with Crippen LogP contribution < -0.4 is 11.5 Å². The maximum Gasteiger partial charge on any atom is 0.0642 e. The first-order valence-corrected chi connectivity index (χ1v) is 27.8. The minimum Gasteiger partial charge on any atom is -0.405 e. The molecule has 0 atom stereocenters. The monoisotopic (exact) mass is 1030 g/mol. The molecule has 4 aromatic heterocycles. The summed E-state index contributed by atoms with van der Waals surface area (Å²) in [5, 5.41) is 9.87. The number of fused-ring (bicyclic) bond motifs is 15. The number of para-hydroxylation sites is 4. The van der Waals surface area contributed by atoms with Crippen LogP contribution in [0.15, 0.2) is 242 Å². The summed E-state index contributed by atoms with van der Waals surface area (Å²) in [7, 11) is 0. The lowest BCUT2D eigenvalue weighted by atomic mass is 9.84. The topological polar surface area (TPSA) is 71.8 Å². The normalized spacial score (nSPS) is 13.6. The van der Waals surface area contributed by atoms with Gasteiger partial charge in [-0.15, -0.1) is 0 Å². The van der Waals surface area contributed by atoms with Crippen molar-refractivity contribution in [3.63, 3.8) is 0 Å². The van der Waals surface area contributed by atoms with Gasteiger partial charge in [0.25, 0.3) is 0 Å². The van der Waals surface area contributed by atoms with Crippen LogP contribution in [0.5, 0.6) is 0 Å². The van der Waals surface area contributed by atoms with E-state index in [9.17, 15) is 0 Å². The van der Waals surface area contributed by atoms with Gasteiger partial charge in [0.05, 0.1) is 49.8 Å². The van der Waals surface area contributed by atoms with Gasteiger partial charge in [0, 0.05) is 66.4 Å². The first kappa shape index (κ1) is 47.2. The molecule has 0 radical (unpaired) electrons. The van der Waals surface area contributed by atoms with Crippen molar-refractivity contribution in [3.05, 3.63) is 253 Å². The zero-order chi connectivity index (χ0) is 53.9. The Morgan fingerprint density at radius 3 is 1.23 bits per heavy atom. The Kier molecular flexibility index (Phi) is 10.8. The van der Waals surface area contributed by atoms with Crippen LogP contribution in [-0.2, 0) is 12.8 Å². The fourth-order valence-electron chi connectivity index (χ4n) is 13.4. The minimum atomic E-state index is 0.936. The first-order chi connectivity index (χ1) is 39.3. The van der Waals surface area contributed by atoms with Crippen LogP contribution in [0.4, 0.5) is 0 Å². The molecule has 0 aliphatic heterocycles. The van der Waals surface area contributed by atoms with Crippen LogP contribution in [0, 0.1) is 0 Å². The van der Waals surface area contributed by atoms with E-state index >= 15 is 0 Å². The maximum absolute atomic E-state index is 6.66. The lowest BCUT2D eigenvalue weighted by Crippen LogP contribution is -2.06. The van der Waals surface area contributed by atoms with Crippen LogP contribution in [0.2, 0.25) is 0 Å². The molecule has 1 aliphatic rings. The summed E-state index contributed by atoms with van der Waals surface area (Å²) >= 11 is 0. The molecule has 6 heteroatoms. The third-order valence-corrected chi connectivity index (χ3v) is 17.5. The lowest BCUT2D eigenvalue weighted by molar-refractivity contribution is 0.946. The average Bonchev–Trinajstić information content (AvgIpc) is 4.17. The fraction of sp³-hybridized carbons (Fsp3) is 0.0811. The van der Waals surface area contributed by atoms with Crippen molar-refractivity contribution in [2.24, 2.45) is 11.5 Å². The lowest BCUT2D eigenvalue weighted by Gasteiger charge is -2.22. The van der Waals surface area contributed by atoms with E-state index in [1.165, 1.54) is 121 Å². The SMILES string of the molecule is C/C=C(C)\C(=C/N)n1c2ccc(-c3ccc4c(c3)c3ccccc3n4-c3ccccc3)cc2c2cc3c(cc21)-c1cc2c(cc1CC3)c1cc(-c3ccc4c(c3)c3ccccc3n4-c3ccccc3)ccc1n2/C(C)=C(C)/C=C\N. The molecule has 0 bridgehead atoms. The molecule has 0 spiro atoms. The molecule has 14 aromatic rings. The van der Waals surface area contributed by atoms with Crippen molar-refractivity contribution in [2.45, 2.75) is 40.5 Å². The van der Waals surface area contributed by atoms with Crippen LogP contribution in [-0.4, -0.2) is 18.3 Å². The van der Waals surface area contributed by atoms with Gasteiger partial charge in [0.1, 0.15) is 0 Å². The van der Waals surface area contributed by atoms with E-state index in [-0.39, 0.29) is 0 Å². The van der Waals surface area contributed by atoms with Crippen molar-refractivity contribution in [3.8, 4) is 44.8 Å². The number of nitrogens with zero attached hydrogens (tertiary/aromatic N) is 4. The standard InChI is InChI=1S/C74H58N6/c1-5-45(2)74(44-76)80-71-33-29-51(49-28-32-70-61(37-49)57-21-13-15-23-67(57)79(70)55-18-10-7-11-19-55)39-63(71)65-41-53-25-24-52-40-64-62-38-50(26-30-68(62)77(47(4)46(3)34-35-75)72(64)42-58(52)59(53)43-73(65)80)48-27-31-69-60(36-48)56-20-12-14-22-66(56)78(69)54-16-8-6-9-17-54/h5-23,26-44H,24-25,75-76H2,1-4H3/b35-34-,45-5-,47-46+,74-44+. The Balaban J connectivity index is 0.905. The number of allylic oxidation sites excluding steroid dienone is 6. The molecule has 0 saturated heterocycles. The highest BCUT2D eigenvalue weighted by Crippen LogP contribution is 2.46. The van der Waals surface area contributed by atoms with E-state index in [1.807, 2.05) is 6.08 Å². The maximum atomic E-state index is 6.66. The van der Waals surface area contributed by atoms with Gasteiger partial charge in [-0.25, -0.2) is 0 Å². The quantitative estimate of drug-likeness (QED) is 0.149. The van der Waals surface area contributed by atoms with Gasteiger partial charge >= 0.3 is 0 Å². The summed E-state index contributed by atoms with van der Waals surface area (Å²) in [5.74, 6) is 0. The summed E-state index contributed by atoms with van der Waals surface area (Å²) in [6, 6.07) is 76.7. The number of rotatable bonds is 8. The molecule has 0 unspecified atom stereocenters. The molecular formula is C74H58N6. The van der Waals surface area contributed by atoms with Gasteiger partial charge in [0.2, 0.25) is 0 Å². The van der Waals surface area contributed by atoms with Crippen LogP contribution in [0.1, 0.15) is 38.8 Å². The summed E-state index contributed by atoms with van der Waals surface area (Å²) in [4.78, 5) is 0. The predicted molar refractivity (Wildman–Crippen MR) is 341 cm³/mol. The van der Waals surface area contributed by atoms with Crippen LogP contribution in [0.25, 0.3) is 143 Å². The minimum absolute atomic E-state index is 0.936. The largest absolute Gasteiger partial charge is 0.405 e. The van der Waals surface area contributed by atoms with E-state index in [0.29, 0.717) is 0 Å². The van der Waals surface area contributed by atoms with E-state index in [4.69, 9.17) is 11.5 Å². The molecule has 10 aromatic carbocycles. The number of hydrogen-bond acceptors (Lipinski definition) is 2. The molecule has 80 heavy (non-hydrogen) atoms. The number of nitrogens with two attached hydrogens (primary N) is 2. The highest BCUT2D eigenvalue weighted by Gasteiger charge is 2.26. The number of aromatic nitrogens is 4. The Morgan fingerprint density at radius 1 is 0.388 bits per heavy atom. The third kappa shape index (κ3) is 7.05. The van der Waals surface area contributed by atoms with E-state index < -0.39 is 0 Å². The third-order valence-electron chi connectivity index (χ3n) is 17.5. The van der Waals surface area contributed by atoms with Crippen molar-refractivity contribution < 1.29 is 0 Å². The molecule has 1 aliphatic carbocycles. The molecule has 0 saturated carbocycles. The Hall–Kier alpha value is -10.0. The first-order valence-electron chi connectivity index (χ1n) is 27.8. The highest BCUT2D eigenvalue weighted by atomic mass is 15.0. The van der Waals surface area contributed by atoms with E-state index in [0.717, 1.165) is 57.8 Å². The highest BCUT2D eigenvalue weighted by molar-refractivity contribution is 6.17. The molecule has 15 rings (SSSR count). The smallest absolute Gasteiger partial charge is 0.0642 e. The van der Waals surface area contributed by atoms with Crippen molar-refractivity contribution in [2.75, 3.05) is 0 Å². The van der Waals surface area contributed by atoms with Crippen molar-refractivity contribution in [1.29, 1.82) is 0 Å². The summed E-state index contributed by atoms with van der Waals surface area (Å²) < 4.78 is 9.60. The van der Waals surface area contributed by atoms with Crippen molar-refractivity contribution in [1.82, 2.24) is 18.3 Å². The van der Waals surface area contributed by atoms with Gasteiger partial charge in [-0.2, -0.15) is 0 Å². The number of hydrogen-bond donors (Lipinski definition) is 2. The fourth-order valence-corrected chi connectivity index (χ4v) is 13.4. The molecule has 6 nitrogen and oxygen atoms in total. The van der Waals surface area contributed by atoms with Gasteiger partial charge in [-0.1, -0.05) is 103 Å². The average molecular weight is 1030 g/mol. The Morgan fingerprint density at radius 2 is 0.775 bits per heavy atom. The molecular weight excluding hydrogens is 973 g/mol.